The number of carbonyl (C=O) groups is 1. The molecule has 0 unspecified atom stereocenters. The lowest BCUT2D eigenvalue weighted by atomic mass is 10.0. The second kappa shape index (κ2) is 8.14. The van der Waals surface area contributed by atoms with E-state index in [4.69, 9.17) is 0 Å². The van der Waals surface area contributed by atoms with Crippen LogP contribution >= 0.6 is 0 Å². The Morgan fingerprint density at radius 3 is 2.59 bits per heavy atom. The summed E-state index contributed by atoms with van der Waals surface area (Å²) in [7, 11) is -3.69. The van der Waals surface area contributed by atoms with Crippen molar-refractivity contribution >= 4 is 15.9 Å². The topological polar surface area (TPSA) is 79.4 Å². The number of pyridine rings is 1. The van der Waals surface area contributed by atoms with Crippen molar-refractivity contribution in [1.82, 2.24) is 14.6 Å². The molecule has 4 rings (SSSR count). The Morgan fingerprint density at radius 2 is 1.79 bits per heavy atom. The minimum atomic E-state index is -3.69. The second-order valence-corrected chi connectivity index (χ2v) is 8.83. The van der Waals surface area contributed by atoms with Gasteiger partial charge in [-0.2, -0.15) is 4.31 Å². The fraction of sp³-hybridized carbons (Fsp3) is 0.182. The highest BCUT2D eigenvalue weighted by Gasteiger charge is 2.28. The normalized spacial score (nSPS) is 14.2. The van der Waals surface area contributed by atoms with Gasteiger partial charge in [-0.05, 0) is 47.9 Å². The molecule has 148 valence electrons. The molecule has 0 saturated heterocycles. The summed E-state index contributed by atoms with van der Waals surface area (Å²) in [6, 6.07) is 19.5. The Labute approximate surface area is 170 Å². The Balaban J connectivity index is 1.51. The van der Waals surface area contributed by atoms with E-state index in [1.54, 1.807) is 24.4 Å². The molecule has 6 nitrogen and oxygen atoms in total. The molecule has 2 aromatic carbocycles. The molecule has 0 spiro atoms. The number of benzene rings is 2. The van der Waals surface area contributed by atoms with Gasteiger partial charge in [-0.3, -0.25) is 9.78 Å². The van der Waals surface area contributed by atoms with Gasteiger partial charge in [0.05, 0.1) is 17.1 Å². The van der Waals surface area contributed by atoms with Gasteiger partial charge in [0.1, 0.15) is 0 Å². The number of nitrogens with zero attached hydrogens (tertiary/aromatic N) is 2. The first-order valence-corrected chi connectivity index (χ1v) is 10.8. The predicted octanol–water partition coefficient (Wildman–Crippen LogP) is 2.76. The Bertz CT molecular complexity index is 1130. The average Bonchev–Trinajstić information content (AvgIpc) is 2.78. The highest BCUT2D eigenvalue weighted by Crippen LogP contribution is 2.25. The van der Waals surface area contributed by atoms with Crippen LogP contribution in [0.4, 0.5) is 0 Å². The van der Waals surface area contributed by atoms with Crippen LogP contribution in [-0.4, -0.2) is 30.2 Å². The van der Waals surface area contributed by atoms with Crippen LogP contribution in [0.2, 0.25) is 0 Å². The Morgan fingerprint density at radius 1 is 1.00 bits per heavy atom. The minimum absolute atomic E-state index is 0.127. The zero-order valence-corrected chi connectivity index (χ0v) is 16.6. The maximum Gasteiger partial charge on any atom is 0.251 e. The summed E-state index contributed by atoms with van der Waals surface area (Å²) in [6.07, 6.45) is 2.34. The van der Waals surface area contributed by atoms with Gasteiger partial charge in [0.25, 0.3) is 5.91 Å². The molecular weight excluding hydrogens is 386 g/mol. The summed E-state index contributed by atoms with van der Waals surface area (Å²) in [5.41, 5.74) is 3.24. The van der Waals surface area contributed by atoms with Crippen molar-refractivity contribution in [2.75, 3.05) is 6.54 Å². The summed E-state index contributed by atoms with van der Waals surface area (Å²) >= 11 is 0. The zero-order valence-electron chi connectivity index (χ0n) is 15.8. The van der Waals surface area contributed by atoms with Crippen molar-refractivity contribution < 1.29 is 13.2 Å². The van der Waals surface area contributed by atoms with Crippen LogP contribution in [0.3, 0.4) is 0 Å². The second-order valence-electron chi connectivity index (χ2n) is 6.89. The molecule has 7 heteroatoms. The largest absolute Gasteiger partial charge is 0.346 e. The van der Waals surface area contributed by atoms with Gasteiger partial charge in [0.2, 0.25) is 10.0 Å². The van der Waals surface area contributed by atoms with E-state index in [0.717, 1.165) is 11.3 Å². The zero-order chi connectivity index (χ0) is 20.3. The quantitative estimate of drug-likeness (QED) is 0.705. The number of sulfonamides is 1. The minimum Gasteiger partial charge on any atom is -0.346 e. The van der Waals surface area contributed by atoms with E-state index in [1.165, 1.54) is 22.0 Å². The standard InChI is InChI=1S/C22H21N3O3S/c26-22(24-15-20-9-3-4-12-23-20)18-8-5-10-21(14-18)29(27,28)25-13-11-17-6-1-2-7-19(17)16-25/h1-10,12,14H,11,13,15-16H2,(H,24,26). The first kappa shape index (κ1) is 19.3. The molecule has 29 heavy (non-hydrogen) atoms. The molecule has 1 aromatic heterocycles. The number of fused-ring (bicyclic) bond motifs is 1. The van der Waals surface area contributed by atoms with Crippen molar-refractivity contribution in [3.63, 3.8) is 0 Å². The third-order valence-electron chi connectivity index (χ3n) is 4.99. The van der Waals surface area contributed by atoms with E-state index < -0.39 is 10.0 Å². The van der Waals surface area contributed by atoms with Gasteiger partial charge in [0, 0.05) is 24.8 Å². The number of hydrogen-bond donors (Lipinski definition) is 1. The van der Waals surface area contributed by atoms with Crippen LogP contribution < -0.4 is 5.32 Å². The third kappa shape index (κ3) is 4.21. The monoisotopic (exact) mass is 407 g/mol. The number of nitrogens with one attached hydrogen (secondary N) is 1. The van der Waals surface area contributed by atoms with Gasteiger partial charge in [-0.25, -0.2) is 8.42 Å². The highest BCUT2D eigenvalue weighted by atomic mass is 32.2. The fourth-order valence-corrected chi connectivity index (χ4v) is 4.86. The molecule has 1 aliphatic heterocycles. The van der Waals surface area contributed by atoms with E-state index in [0.29, 0.717) is 25.1 Å². The molecule has 0 fully saturated rings. The molecular formula is C22H21N3O3S. The first-order chi connectivity index (χ1) is 14.0. The molecule has 0 aliphatic carbocycles. The van der Waals surface area contributed by atoms with E-state index in [2.05, 4.69) is 10.3 Å². The molecule has 0 radical (unpaired) electrons. The Hall–Kier alpha value is -3.03. The molecule has 0 bridgehead atoms. The highest BCUT2D eigenvalue weighted by molar-refractivity contribution is 7.89. The lowest BCUT2D eigenvalue weighted by Gasteiger charge is -2.28. The fourth-order valence-electron chi connectivity index (χ4n) is 3.40. The van der Waals surface area contributed by atoms with Crippen molar-refractivity contribution in [3.8, 4) is 0 Å². The summed E-state index contributed by atoms with van der Waals surface area (Å²) in [5, 5.41) is 2.78. The van der Waals surface area contributed by atoms with Crippen molar-refractivity contribution in [2.24, 2.45) is 0 Å². The maximum atomic E-state index is 13.1. The van der Waals surface area contributed by atoms with Crippen LogP contribution in [-0.2, 0) is 29.5 Å². The van der Waals surface area contributed by atoms with E-state index >= 15 is 0 Å². The third-order valence-corrected chi connectivity index (χ3v) is 6.83. The Kier molecular flexibility index (Phi) is 5.42. The molecule has 3 aromatic rings. The summed E-state index contributed by atoms with van der Waals surface area (Å²) in [4.78, 5) is 16.8. The number of carbonyl (C=O) groups excluding carboxylic acids is 1. The average molecular weight is 407 g/mol. The van der Waals surface area contributed by atoms with Crippen molar-refractivity contribution in [2.45, 2.75) is 24.4 Å². The molecule has 2 heterocycles. The van der Waals surface area contributed by atoms with Gasteiger partial charge in [-0.1, -0.05) is 36.4 Å². The molecule has 1 aliphatic rings. The predicted molar refractivity (Wildman–Crippen MR) is 110 cm³/mol. The first-order valence-electron chi connectivity index (χ1n) is 9.39. The van der Waals surface area contributed by atoms with Crippen LogP contribution in [0.1, 0.15) is 27.2 Å². The van der Waals surface area contributed by atoms with E-state index in [9.17, 15) is 13.2 Å². The molecule has 1 N–H and O–H groups in total. The van der Waals surface area contributed by atoms with Crippen molar-refractivity contribution in [3.05, 3.63) is 95.3 Å². The van der Waals surface area contributed by atoms with Gasteiger partial charge >= 0.3 is 0 Å². The summed E-state index contributed by atoms with van der Waals surface area (Å²) in [5.74, 6) is -0.336. The number of hydrogen-bond acceptors (Lipinski definition) is 4. The number of aromatic nitrogens is 1. The number of amides is 1. The van der Waals surface area contributed by atoms with E-state index in [-0.39, 0.29) is 17.3 Å². The number of rotatable bonds is 5. The van der Waals surface area contributed by atoms with Gasteiger partial charge < -0.3 is 5.32 Å². The van der Waals surface area contributed by atoms with Crippen molar-refractivity contribution in [1.29, 1.82) is 0 Å². The van der Waals surface area contributed by atoms with Crippen LogP contribution in [0.5, 0.6) is 0 Å². The van der Waals surface area contributed by atoms with Gasteiger partial charge in [-0.15, -0.1) is 0 Å². The van der Waals surface area contributed by atoms with Crippen LogP contribution in [0, 0.1) is 0 Å². The summed E-state index contributed by atoms with van der Waals surface area (Å²) < 4.78 is 27.7. The van der Waals surface area contributed by atoms with Gasteiger partial charge in [0.15, 0.2) is 0 Å². The smallest absolute Gasteiger partial charge is 0.251 e. The maximum absolute atomic E-state index is 13.1. The lowest BCUT2D eigenvalue weighted by molar-refractivity contribution is 0.0950. The van der Waals surface area contributed by atoms with E-state index in [1.807, 2.05) is 36.4 Å². The van der Waals surface area contributed by atoms with Crippen LogP contribution in [0.15, 0.2) is 77.8 Å². The lowest BCUT2D eigenvalue weighted by Crippen LogP contribution is -2.36. The van der Waals surface area contributed by atoms with Crippen LogP contribution in [0.25, 0.3) is 0 Å². The molecule has 0 atom stereocenters. The SMILES string of the molecule is O=C(NCc1ccccn1)c1cccc(S(=O)(=O)N2CCc3ccccc3C2)c1. The molecule has 1 amide bonds. The molecule has 0 saturated carbocycles. The summed E-state index contributed by atoms with van der Waals surface area (Å²) in [6.45, 7) is 1.05.